The van der Waals surface area contributed by atoms with Gasteiger partial charge in [0, 0.05) is 35.9 Å². The minimum Gasteiger partial charge on any atom is -0.421 e. The van der Waals surface area contributed by atoms with E-state index < -0.39 is 0 Å². The Kier molecular flexibility index (Phi) is 3.98. The first kappa shape index (κ1) is 13.0. The van der Waals surface area contributed by atoms with Gasteiger partial charge in [0.2, 0.25) is 11.8 Å². The highest BCUT2D eigenvalue weighted by molar-refractivity contribution is 9.10. The van der Waals surface area contributed by atoms with E-state index in [0.29, 0.717) is 18.3 Å². The summed E-state index contributed by atoms with van der Waals surface area (Å²) in [5, 5.41) is 7.33. The number of rotatable bonds is 4. The Morgan fingerprint density at radius 3 is 2.83 bits per heavy atom. The summed E-state index contributed by atoms with van der Waals surface area (Å²) in [7, 11) is 3.73. The minimum atomic E-state index is 0.593. The average Bonchev–Trinajstić information content (AvgIpc) is 2.62. The first-order valence-electron chi connectivity index (χ1n) is 5.57. The molecule has 0 unspecified atom stereocenters. The van der Waals surface area contributed by atoms with Crippen LogP contribution in [0.2, 0.25) is 0 Å². The number of hydrogen-bond donors (Lipinski definition) is 1. The van der Waals surface area contributed by atoms with Crippen LogP contribution in [0.5, 0.6) is 11.8 Å². The van der Waals surface area contributed by atoms with E-state index in [2.05, 4.69) is 31.3 Å². The van der Waals surface area contributed by atoms with Crippen LogP contribution in [0.15, 0.2) is 22.8 Å². The number of ether oxygens (including phenoxy) is 1. The van der Waals surface area contributed by atoms with Crippen LogP contribution >= 0.6 is 15.9 Å². The molecular formula is C12H15BrN4O. The molecule has 96 valence electrons. The van der Waals surface area contributed by atoms with Gasteiger partial charge >= 0.3 is 0 Å². The summed E-state index contributed by atoms with van der Waals surface area (Å²) >= 11 is 3.41. The van der Waals surface area contributed by atoms with E-state index in [1.165, 1.54) is 0 Å². The van der Waals surface area contributed by atoms with E-state index in [9.17, 15) is 0 Å². The van der Waals surface area contributed by atoms with Crippen molar-refractivity contribution in [3.05, 3.63) is 34.1 Å². The largest absolute Gasteiger partial charge is 0.421 e. The molecule has 0 aliphatic heterocycles. The fraction of sp³-hybridized carbons (Fsp3) is 0.333. The Bertz CT molecular complexity index is 553. The standard InChI is InChI=1S/C12H15BrN4O/c1-8-4-11(17(3)16-8)18-12-9(6-14-2)5-10(13)7-15-12/h4-5,7,14H,6H2,1-3H3. The molecule has 2 heterocycles. The molecule has 0 radical (unpaired) electrons. The molecule has 2 rings (SSSR count). The summed E-state index contributed by atoms with van der Waals surface area (Å²) in [6, 6.07) is 3.87. The van der Waals surface area contributed by atoms with E-state index in [1.807, 2.05) is 33.2 Å². The molecule has 0 atom stereocenters. The fourth-order valence-corrected chi connectivity index (χ4v) is 2.04. The van der Waals surface area contributed by atoms with Crippen LogP contribution in [-0.4, -0.2) is 21.8 Å². The van der Waals surface area contributed by atoms with Crippen molar-refractivity contribution in [1.82, 2.24) is 20.1 Å². The highest BCUT2D eigenvalue weighted by Gasteiger charge is 2.10. The second-order valence-electron chi connectivity index (χ2n) is 4.00. The van der Waals surface area contributed by atoms with Gasteiger partial charge in [0.15, 0.2) is 0 Å². The molecular weight excluding hydrogens is 296 g/mol. The Morgan fingerprint density at radius 1 is 1.44 bits per heavy atom. The summed E-state index contributed by atoms with van der Waals surface area (Å²) in [6.45, 7) is 2.62. The molecule has 0 aromatic carbocycles. The maximum absolute atomic E-state index is 5.80. The Labute approximate surface area is 114 Å². The van der Waals surface area contributed by atoms with Crippen molar-refractivity contribution >= 4 is 15.9 Å². The predicted molar refractivity (Wildman–Crippen MR) is 72.7 cm³/mol. The van der Waals surface area contributed by atoms with Crippen molar-refractivity contribution in [2.45, 2.75) is 13.5 Å². The molecule has 18 heavy (non-hydrogen) atoms. The molecule has 2 aromatic heterocycles. The lowest BCUT2D eigenvalue weighted by molar-refractivity contribution is 0.409. The lowest BCUT2D eigenvalue weighted by atomic mass is 10.3. The Balaban J connectivity index is 2.30. The first-order valence-corrected chi connectivity index (χ1v) is 6.37. The average molecular weight is 311 g/mol. The van der Waals surface area contributed by atoms with Crippen molar-refractivity contribution in [2.24, 2.45) is 7.05 Å². The number of nitrogens with one attached hydrogen (secondary N) is 1. The Hall–Kier alpha value is -1.40. The maximum atomic E-state index is 5.80. The molecule has 1 N–H and O–H groups in total. The summed E-state index contributed by atoms with van der Waals surface area (Å²) < 4.78 is 8.43. The van der Waals surface area contributed by atoms with Gasteiger partial charge in [-0.3, -0.25) is 0 Å². The summed E-state index contributed by atoms with van der Waals surface area (Å²) in [6.07, 6.45) is 1.72. The summed E-state index contributed by atoms with van der Waals surface area (Å²) in [4.78, 5) is 4.29. The molecule has 2 aromatic rings. The third kappa shape index (κ3) is 2.88. The van der Waals surface area contributed by atoms with Crippen molar-refractivity contribution in [1.29, 1.82) is 0 Å². The van der Waals surface area contributed by atoms with Crippen LogP contribution in [0.4, 0.5) is 0 Å². The molecule has 0 aliphatic rings. The van der Waals surface area contributed by atoms with Gasteiger partial charge in [0.05, 0.1) is 5.69 Å². The van der Waals surface area contributed by atoms with Crippen molar-refractivity contribution in [2.75, 3.05) is 7.05 Å². The molecule has 0 bridgehead atoms. The topological polar surface area (TPSA) is 52.0 Å². The van der Waals surface area contributed by atoms with Gasteiger partial charge in [-0.25, -0.2) is 9.67 Å². The quantitative estimate of drug-likeness (QED) is 0.942. The number of pyridine rings is 1. The first-order chi connectivity index (χ1) is 8.60. The van der Waals surface area contributed by atoms with Gasteiger partial charge in [-0.2, -0.15) is 5.10 Å². The van der Waals surface area contributed by atoms with E-state index >= 15 is 0 Å². The van der Waals surface area contributed by atoms with Crippen molar-refractivity contribution < 1.29 is 4.74 Å². The highest BCUT2D eigenvalue weighted by atomic mass is 79.9. The summed E-state index contributed by atoms with van der Waals surface area (Å²) in [5.74, 6) is 1.27. The van der Waals surface area contributed by atoms with Crippen LogP contribution in [0.1, 0.15) is 11.3 Å². The van der Waals surface area contributed by atoms with Gasteiger partial charge in [0.25, 0.3) is 0 Å². The molecule has 0 amide bonds. The van der Waals surface area contributed by atoms with Gasteiger partial charge in [-0.15, -0.1) is 0 Å². The molecule has 0 aliphatic carbocycles. The molecule has 0 saturated heterocycles. The van der Waals surface area contributed by atoms with Crippen LogP contribution in [0.25, 0.3) is 0 Å². The number of nitrogens with zero attached hydrogens (tertiary/aromatic N) is 3. The number of aryl methyl sites for hydroxylation is 2. The molecule has 0 saturated carbocycles. The van der Waals surface area contributed by atoms with E-state index in [4.69, 9.17) is 4.74 Å². The Morgan fingerprint density at radius 2 is 2.22 bits per heavy atom. The monoisotopic (exact) mass is 310 g/mol. The van der Waals surface area contributed by atoms with Gasteiger partial charge in [0.1, 0.15) is 0 Å². The van der Waals surface area contributed by atoms with Gasteiger partial charge in [-0.05, 0) is 36.0 Å². The van der Waals surface area contributed by atoms with E-state index in [0.717, 1.165) is 15.7 Å². The minimum absolute atomic E-state index is 0.593. The second-order valence-corrected chi connectivity index (χ2v) is 4.91. The normalized spacial score (nSPS) is 10.7. The van der Waals surface area contributed by atoms with Crippen LogP contribution < -0.4 is 10.1 Å². The zero-order chi connectivity index (χ0) is 13.1. The number of aromatic nitrogens is 3. The van der Waals surface area contributed by atoms with Crippen LogP contribution in [-0.2, 0) is 13.6 Å². The highest BCUT2D eigenvalue weighted by Crippen LogP contribution is 2.25. The van der Waals surface area contributed by atoms with Crippen molar-refractivity contribution in [3.63, 3.8) is 0 Å². The third-order valence-corrected chi connectivity index (χ3v) is 2.85. The maximum Gasteiger partial charge on any atom is 0.225 e. The molecule has 0 fully saturated rings. The molecule has 5 nitrogen and oxygen atoms in total. The van der Waals surface area contributed by atoms with Crippen LogP contribution in [0, 0.1) is 6.92 Å². The predicted octanol–water partition coefficient (Wildman–Crippen LogP) is 2.40. The lowest BCUT2D eigenvalue weighted by Crippen LogP contribution is -2.08. The van der Waals surface area contributed by atoms with Gasteiger partial charge in [-0.1, -0.05) is 0 Å². The third-order valence-electron chi connectivity index (χ3n) is 2.42. The molecule has 6 heteroatoms. The fourth-order valence-electron chi connectivity index (χ4n) is 1.66. The lowest BCUT2D eigenvalue weighted by Gasteiger charge is -2.09. The number of halogens is 1. The number of hydrogen-bond acceptors (Lipinski definition) is 4. The zero-order valence-corrected chi connectivity index (χ0v) is 12.2. The van der Waals surface area contributed by atoms with E-state index in [-0.39, 0.29) is 0 Å². The van der Waals surface area contributed by atoms with Crippen molar-refractivity contribution in [3.8, 4) is 11.8 Å². The van der Waals surface area contributed by atoms with Gasteiger partial charge < -0.3 is 10.1 Å². The van der Waals surface area contributed by atoms with Crippen LogP contribution in [0.3, 0.4) is 0 Å². The SMILES string of the molecule is CNCc1cc(Br)cnc1Oc1cc(C)nn1C. The summed E-state index contributed by atoms with van der Waals surface area (Å²) in [5.41, 5.74) is 1.91. The van der Waals surface area contributed by atoms with E-state index in [1.54, 1.807) is 10.9 Å². The smallest absolute Gasteiger partial charge is 0.225 e. The zero-order valence-electron chi connectivity index (χ0n) is 10.6. The second kappa shape index (κ2) is 5.49. The molecule has 0 spiro atoms.